The molecular weight excluding hydrogens is 362 g/mol. The van der Waals surface area contributed by atoms with Crippen molar-refractivity contribution >= 4 is 39.7 Å². The minimum absolute atomic E-state index is 0.223. The van der Waals surface area contributed by atoms with Crippen LogP contribution in [0.1, 0.15) is 30.5 Å². The molecule has 1 aromatic heterocycles. The van der Waals surface area contributed by atoms with Gasteiger partial charge in [0.15, 0.2) is 0 Å². The van der Waals surface area contributed by atoms with Crippen LogP contribution in [0.3, 0.4) is 0 Å². The number of carbonyl (C=O) groups is 1. The number of hydrogen-bond acceptors (Lipinski definition) is 3. The number of anilines is 1. The number of amides is 1. The second-order valence-corrected chi connectivity index (χ2v) is 6.88. The van der Waals surface area contributed by atoms with E-state index in [4.69, 9.17) is 20.8 Å². The lowest BCUT2D eigenvalue weighted by molar-refractivity contribution is -0.111. The Morgan fingerprint density at radius 3 is 2.70 bits per heavy atom. The summed E-state index contributed by atoms with van der Waals surface area (Å²) in [5, 5.41) is 4.47. The van der Waals surface area contributed by atoms with Crippen molar-refractivity contribution < 1.29 is 13.9 Å². The Balaban J connectivity index is 1.91. The number of allylic oxidation sites excluding steroid dienone is 1. The topological polar surface area (TPSA) is 51.5 Å². The van der Waals surface area contributed by atoms with Gasteiger partial charge in [-0.05, 0) is 62.6 Å². The number of ether oxygens (including phenoxy) is 1. The molecule has 0 saturated heterocycles. The van der Waals surface area contributed by atoms with Crippen LogP contribution in [0.15, 0.2) is 47.1 Å². The fourth-order valence-corrected chi connectivity index (χ4v) is 3.07. The number of nitrogens with one attached hydrogen (secondary N) is 1. The highest BCUT2D eigenvalue weighted by Crippen LogP contribution is 2.33. The third kappa shape index (κ3) is 4.17. The van der Waals surface area contributed by atoms with Crippen molar-refractivity contribution in [1.82, 2.24) is 0 Å². The molecule has 0 unspecified atom stereocenters. The third-order valence-corrected chi connectivity index (χ3v) is 4.79. The standard InChI is InChI=1S/C22H22ClNO3/c1-5-26-20-11-21-18(15(4)12-27-21)10-17(20)14(3)8-22(25)24-16-7-6-13(2)19(23)9-16/h6-12H,5H2,1-4H3,(H,24,25)/b14-8+. The van der Waals surface area contributed by atoms with Crippen molar-refractivity contribution in [3.05, 3.63) is 64.4 Å². The summed E-state index contributed by atoms with van der Waals surface area (Å²) in [6, 6.07) is 9.31. The third-order valence-electron chi connectivity index (χ3n) is 4.38. The van der Waals surface area contributed by atoms with Crippen LogP contribution in [0.4, 0.5) is 5.69 Å². The van der Waals surface area contributed by atoms with Gasteiger partial charge in [-0.2, -0.15) is 0 Å². The minimum Gasteiger partial charge on any atom is -0.493 e. The molecule has 0 aliphatic rings. The average molecular weight is 384 g/mol. The Hall–Kier alpha value is -2.72. The van der Waals surface area contributed by atoms with Gasteiger partial charge < -0.3 is 14.5 Å². The van der Waals surface area contributed by atoms with E-state index in [1.807, 2.05) is 52.0 Å². The summed E-state index contributed by atoms with van der Waals surface area (Å²) >= 11 is 6.12. The molecule has 0 saturated carbocycles. The van der Waals surface area contributed by atoms with Gasteiger partial charge in [-0.15, -0.1) is 0 Å². The van der Waals surface area contributed by atoms with Gasteiger partial charge in [-0.1, -0.05) is 17.7 Å². The maximum Gasteiger partial charge on any atom is 0.248 e. The van der Waals surface area contributed by atoms with E-state index in [9.17, 15) is 4.79 Å². The quantitative estimate of drug-likeness (QED) is 0.538. The molecule has 3 rings (SSSR count). The first kappa shape index (κ1) is 19.1. The van der Waals surface area contributed by atoms with Gasteiger partial charge in [0.2, 0.25) is 5.91 Å². The Labute approximate surface area is 163 Å². The summed E-state index contributed by atoms with van der Waals surface area (Å²) in [5.41, 5.74) is 5.10. The molecule has 2 aromatic carbocycles. The Morgan fingerprint density at radius 2 is 2.00 bits per heavy atom. The summed E-state index contributed by atoms with van der Waals surface area (Å²) < 4.78 is 11.3. The van der Waals surface area contributed by atoms with Gasteiger partial charge >= 0.3 is 0 Å². The molecule has 1 amide bonds. The molecule has 1 heterocycles. The van der Waals surface area contributed by atoms with E-state index in [1.165, 1.54) is 0 Å². The molecule has 0 spiro atoms. The lowest BCUT2D eigenvalue weighted by Gasteiger charge is -2.11. The molecule has 1 N–H and O–H groups in total. The highest BCUT2D eigenvalue weighted by atomic mass is 35.5. The molecule has 3 aromatic rings. The number of furan rings is 1. The van der Waals surface area contributed by atoms with Crippen molar-refractivity contribution in [2.75, 3.05) is 11.9 Å². The lowest BCUT2D eigenvalue weighted by Crippen LogP contribution is -2.09. The molecule has 0 bridgehead atoms. The van der Waals surface area contributed by atoms with E-state index in [2.05, 4.69) is 5.32 Å². The van der Waals surface area contributed by atoms with E-state index in [0.717, 1.165) is 33.2 Å². The van der Waals surface area contributed by atoms with Crippen LogP contribution in [0.5, 0.6) is 5.75 Å². The maximum atomic E-state index is 12.5. The van der Waals surface area contributed by atoms with Crippen LogP contribution in [0.2, 0.25) is 5.02 Å². The highest BCUT2D eigenvalue weighted by Gasteiger charge is 2.13. The molecule has 140 valence electrons. The molecule has 0 aliphatic heterocycles. The summed E-state index contributed by atoms with van der Waals surface area (Å²) in [6.45, 7) is 8.25. The molecule has 0 aliphatic carbocycles. The zero-order valence-corrected chi connectivity index (χ0v) is 16.6. The predicted octanol–water partition coefficient (Wildman–Crippen LogP) is 6.14. The highest BCUT2D eigenvalue weighted by molar-refractivity contribution is 6.31. The van der Waals surface area contributed by atoms with Crippen LogP contribution in [-0.4, -0.2) is 12.5 Å². The minimum atomic E-state index is -0.223. The Bertz CT molecular complexity index is 1030. The summed E-state index contributed by atoms with van der Waals surface area (Å²) in [5.74, 6) is 0.471. The summed E-state index contributed by atoms with van der Waals surface area (Å²) in [7, 11) is 0. The smallest absolute Gasteiger partial charge is 0.248 e. The van der Waals surface area contributed by atoms with Crippen LogP contribution < -0.4 is 10.1 Å². The number of hydrogen-bond donors (Lipinski definition) is 1. The van der Waals surface area contributed by atoms with Crippen molar-refractivity contribution in [3.63, 3.8) is 0 Å². The van der Waals surface area contributed by atoms with E-state index >= 15 is 0 Å². The van der Waals surface area contributed by atoms with Crippen molar-refractivity contribution in [1.29, 1.82) is 0 Å². The second kappa shape index (κ2) is 7.89. The summed E-state index contributed by atoms with van der Waals surface area (Å²) in [6.07, 6.45) is 3.28. The van der Waals surface area contributed by atoms with E-state index in [-0.39, 0.29) is 5.91 Å². The second-order valence-electron chi connectivity index (χ2n) is 6.48. The normalized spacial score (nSPS) is 11.7. The largest absolute Gasteiger partial charge is 0.493 e. The van der Waals surface area contributed by atoms with Gasteiger partial charge in [-0.3, -0.25) is 4.79 Å². The number of fused-ring (bicyclic) bond motifs is 1. The number of carbonyl (C=O) groups excluding carboxylic acids is 1. The van der Waals surface area contributed by atoms with Gasteiger partial charge in [0, 0.05) is 33.8 Å². The molecule has 0 fully saturated rings. The summed E-state index contributed by atoms with van der Waals surface area (Å²) in [4.78, 5) is 12.5. The van der Waals surface area contributed by atoms with Gasteiger partial charge in [0.05, 0.1) is 12.9 Å². The number of rotatable bonds is 5. The fourth-order valence-electron chi connectivity index (χ4n) is 2.89. The first-order valence-corrected chi connectivity index (χ1v) is 9.17. The molecule has 0 atom stereocenters. The number of aryl methyl sites for hydroxylation is 2. The zero-order chi connectivity index (χ0) is 19.6. The predicted molar refractivity (Wildman–Crippen MR) is 111 cm³/mol. The van der Waals surface area contributed by atoms with Gasteiger partial charge in [0.1, 0.15) is 11.3 Å². The Kier molecular flexibility index (Phi) is 5.57. The van der Waals surface area contributed by atoms with Gasteiger partial charge in [-0.25, -0.2) is 0 Å². The van der Waals surface area contributed by atoms with Crippen LogP contribution in [-0.2, 0) is 4.79 Å². The van der Waals surface area contributed by atoms with Crippen molar-refractivity contribution in [2.45, 2.75) is 27.7 Å². The molecular formula is C22H22ClNO3. The van der Waals surface area contributed by atoms with E-state index in [1.54, 1.807) is 18.4 Å². The maximum absolute atomic E-state index is 12.5. The lowest BCUT2D eigenvalue weighted by atomic mass is 10.0. The van der Waals surface area contributed by atoms with Crippen LogP contribution in [0.25, 0.3) is 16.5 Å². The van der Waals surface area contributed by atoms with Crippen LogP contribution >= 0.6 is 11.6 Å². The van der Waals surface area contributed by atoms with Crippen LogP contribution in [0, 0.1) is 13.8 Å². The first-order chi connectivity index (χ1) is 12.9. The number of halogens is 1. The number of benzene rings is 2. The first-order valence-electron chi connectivity index (χ1n) is 8.79. The molecule has 27 heavy (non-hydrogen) atoms. The van der Waals surface area contributed by atoms with Crippen molar-refractivity contribution in [2.24, 2.45) is 0 Å². The van der Waals surface area contributed by atoms with E-state index < -0.39 is 0 Å². The Morgan fingerprint density at radius 1 is 1.22 bits per heavy atom. The monoisotopic (exact) mass is 383 g/mol. The average Bonchev–Trinajstić information content (AvgIpc) is 2.98. The van der Waals surface area contributed by atoms with Gasteiger partial charge in [0.25, 0.3) is 0 Å². The van der Waals surface area contributed by atoms with E-state index in [0.29, 0.717) is 23.1 Å². The zero-order valence-electron chi connectivity index (χ0n) is 15.9. The fraction of sp³-hybridized carbons (Fsp3) is 0.227. The molecule has 4 nitrogen and oxygen atoms in total. The van der Waals surface area contributed by atoms with Crippen molar-refractivity contribution in [3.8, 4) is 5.75 Å². The molecule has 0 radical (unpaired) electrons. The molecule has 5 heteroatoms. The SMILES string of the molecule is CCOc1cc2occ(C)c2cc1/C(C)=C/C(=O)Nc1ccc(C)c(Cl)c1.